The van der Waals surface area contributed by atoms with Crippen LogP contribution in [0.2, 0.25) is 0 Å². The van der Waals surface area contributed by atoms with E-state index in [4.69, 9.17) is 0 Å². The molecule has 0 spiro atoms. The maximum atomic E-state index is 12.6. The van der Waals surface area contributed by atoms with Crippen molar-refractivity contribution < 1.29 is 4.79 Å². The highest BCUT2D eigenvalue weighted by Crippen LogP contribution is 2.38. The molecule has 156 valence electrons. The number of carbonyl (C=O) groups excluding carboxylic acids is 1. The number of aromatic nitrogens is 2. The molecule has 0 unspecified atom stereocenters. The molecular formula is C23H27N5OS. The topological polar surface area (TPSA) is 61.4 Å². The molecule has 3 aromatic rings. The highest BCUT2D eigenvalue weighted by molar-refractivity contribution is 7.19. The smallest absolute Gasteiger partial charge is 0.246 e. The zero-order chi connectivity index (χ0) is 21.1. The van der Waals surface area contributed by atoms with Crippen molar-refractivity contribution in [1.29, 1.82) is 0 Å². The van der Waals surface area contributed by atoms with Crippen molar-refractivity contribution in [2.45, 2.75) is 25.9 Å². The molecule has 0 fully saturated rings. The van der Waals surface area contributed by atoms with Crippen LogP contribution in [0.25, 0.3) is 10.2 Å². The highest BCUT2D eigenvalue weighted by atomic mass is 32.1. The molecule has 30 heavy (non-hydrogen) atoms. The maximum Gasteiger partial charge on any atom is 0.246 e. The molecule has 0 saturated carbocycles. The van der Waals surface area contributed by atoms with Gasteiger partial charge >= 0.3 is 0 Å². The second-order valence-corrected chi connectivity index (χ2v) is 8.94. The van der Waals surface area contributed by atoms with Gasteiger partial charge in [-0.05, 0) is 38.6 Å². The van der Waals surface area contributed by atoms with Crippen molar-refractivity contribution in [3.8, 4) is 0 Å². The molecule has 0 radical (unpaired) electrons. The molecule has 1 atom stereocenters. The van der Waals surface area contributed by atoms with Gasteiger partial charge in [-0.15, -0.1) is 11.3 Å². The summed E-state index contributed by atoms with van der Waals surface area (Å²) in [5, 5.41) is 4.68. The van der Waals surface area contributed by atoms with E-state index >= 15 is 0 Å². The van der Waals surface area contributed by atoms with E-state index in [1.54, 1.807) is 23.7 Å². The standard InChI is InChI=1S/C23H27N5OS/c1-16(17-8-5-4-6-9-17)26-22-21-18-11-13-28(20(29)10-7-12-27(2)3)14-19(18)30-23(21)25-15-24-22/h4-10,15-16H,11-14H2,1-3H3,(H,24,25,26)/b10-7+/t16-/m1/s1. The van der Waals surface area contributed by atoms with Crippen LogP contribution in [-0.2, 0) is 17.8 Å². The number of thiophene rings is 1. The SMILES string of the molecule is C[C@@H](Nc1ncnc2sc3c(c12)CCN(C(=O)/C=C/CN(C)C)C3)c1ccccc1. The first-order valence-corrected chi connectivity index (χ1v) is 11.0. The first-order valence-electron chi connectivity index (χ1n) is 10.2. The number of fused-ring (bicyclic) bond motifs is 3. The van der Waals surface area contributed by atoms with Gasteiger partial charge < -0.3 is 15.1 Å². The highest BCUT2D eigenvalue weighted by Gasteiger charge is 2.25. The van der Waals surface area contributed by atoms with Crippen LogP contribution < -0.4 is 5.32 Å². The summed E-state index contributed by atoms with van der Waals surface area (Å²) in [6.07, 6.45) is 6.05. The lowest BCUT2D eigenvalue weighted by molar-refractivity contribution is -0.126. The maximum absolute atomic E-state index is 12.6. The predicted molar refractivity (Wildman–Crippen MR) is 123 cm³/mol. The number of anilines is 1. The Bertz CT molecular complexity index is 1060. The van der Waals surface area contributed by atoms with Gasteiger partial charge in [-0.25, -0.2) is 9.97 Å². The van der Waals surface area contributed by atoms with E-state index in [0.29, 0.717) is 13.1 Å². The molecule has 7 heteroatoms. The summed E-state index contributed by atoms with van der Waals surface area (Å²) in [4.78, 5) is 27.8. The summed E-state index contributed by atoms with van der Waals surface area (Å²) in [6.45, 7) is 4.25. The second kappa shape index (κ2) is 8.93. The molecule has 0 bridgehead atoms. The fraction of sp³-hybridized carbons (Fsp3) is 0.348. The fourth-order valence-electron chi connectivity index (χ4n) is 3.73. The van der Waals surface area contributed by atoms with Crippen LogP contribution in [0.1, 0.15) is 29.0 Å². The Balaban J connectivity index is 1.56. The van der Waals surface area contributed by atoms with Gasteiger partial charge in [0.05, 0.1) is 11.9 Å². The summed E-state index contributed by atoms with van der Waals surface area (Å²) in [7, 11) is 3.98. The van der Waals surface area contributed by atoms with Crippen LogP contribution in [0.15, 0.2) is 48.8 Å². The van der Waals surface area contributed by atoms with Gasteiger partial charge in [-0.2, -0.15) is 0 Å². The first kappa shape index (κ1) is 20.5. The van der Waals surface area contributed by atoms with Gasteiger partial charge in [0.15, 0.2) is 0 Å². The molecule has 1 aliphatic rings. The number of likely N-dealkylation sites (N-methyl/N-ethyl adjacent to an activating group) is 1. The van der Waals surface area contributed by atoms with E-state index in [1.807, 2.05) is 48.2 Å². The molecule has 1 N–H and O–H groups in total. The Morgan fingerprint density at radius 1 is 1.30 bits per heavy atom. The number of rotatable bonds is 6. The molecule has 3 heterocycles. The summed E-state index contributed by atoms with van der Waals surface area (Å²) < 4.78 is 0. The van der Waals surface area contributed by atoms with Gasteiger partial charge in [-0.3, -0.25) is 4.79 Å². The van der Waals surface area contributed by atoms with Crippen molar-refractivity contribution in [2.75, 3.05) is 32.5 Å². The van der Waals surface area contributed by atoms with Crippen LogP contribution in [0.3, 0.4) is 0 Å². The Morgan fingerprint density at radius 2 is 2.10 bits per heavy atom. The lowest BCUT2D eigenvalue weighted by Crippen LogP contribution is -2.34. The Morgan fingerprint density at radius 3 is 2.87 bits per heavy atom. The molecule has 6 nitrogen and oxygen atoms in total. The molecule has 0 saturated heterocycles. The molecule has 2 aromatic heterocycles. The number of hydrogen-bond acceptors (Lipinski definition) is 6. The Hall–Kier alpha value is -2.77. The number of hydrogen-bond donors (Lipinski definition) is 1. The van der Waals surface area contributed by atoms with Crippen molar-refractivity contribution in [3.63, 3.8) is 0 Å². The van der Waals surface area contributed by atoms with Gasteiger partial charge in [0.25, 0.3) is 0 Å². The van der Waals surface area contributed by atoms with E-state index in [2.05, 4.69) is 34.3 Å². The van der Waals surface area contributed by atoms with E-state index in [9.17, 15) is 4.79 Å². The van der Waals surface area contributed by atoms with Crippen molar-refractivity contribution in [2.24, 2.45) is 0 Å². The van der Waals surface area contributed by atoms with Crippen LogP contribution in [0.4, 0.5) is 5.82 Å². The Labute approximate surface area is 181 Å². The predicted octanol–water partition coefficient (Wildman–Crippen LogP) is 3.87. The van der Waals surface area contributed by atoms with Crippen LogP contribution in [0.5, 0.6) is 0 Å². The van der Waals surface area contributed by atoms with Crippen LogP contribution in [0, 0.1) is 0 Å². The number of nitrogens with one attached hydrogen (secondary N) is 1. The molecule has 1 aromatic carbocycles. The third kappa shape index (κ3) is 4.37. The zero-order valence-electron chi connectivity index (χ0n) is 17.6. The largest absolute Gasteiger partial charge is 0.363 e. The summed E-state index contributed by atoms with van der Waals surface area (Å²) in [5.74, 6) is 0.946. The minimum Gasteiger partial charge on any atom is -0.363 e. The average molecular weight is 422 g/mol. The second-order valence-electron chi connectivity index (χ2n) is 7.86. The van der Waals surface area contributed by atoms with E-state index in [-0.39, 0.29) is 11.9 Å². The summed E-state index contributed by atoms with van der Waals surface area (Å²) in [6, 6.07) is 10.5. The molecular weight excluding hydrogens is 394 g/mol. The minimum absolute atomic E-state index is 0.0714. The number of benzene rings is 1. The van der Waals surface area contributed by atoms with Crippen molar-refractivity contribution in [1.82, 2.24) is 19.8 Å². The molecule has 1 aliphatic heterocycles. The lowest BCUT2D eigenvalue weighted by atomic mass is 10.0. The van der Waals surface area contributed by atoms with Gasteiger partial charge in [0.1, 0.15) is 17.0 Å². The van der Waals surface area contributed by atoms with E-state index in [1.165, 1.54) is 16.0 Å². The van der Waals surface area contributed by atoms with Crippen molar-refractivity contribution in [3.05, 3.63) is 64.8 Å². The molecule has 1 amide bonds. The fourth-order valence-corrected chi connectivity index (χ4v) is 4.93. The third-order valence-electron chi connectivity index (χ3n) is 5.33. The normalized spacial score (nSPS) is 15.0. The third-order valence-corrected chi connectivity index (χ3v) is 6.46. The quantitative estimate of drug-likeness (QED) is 0.612. The number of carbonyl (C=O) groups is 1. The summed E-state index contributed by atoms with van der Waals surface area (Å²) in [5.41, 5.74) is 2.49. The molecule has 4 rings (SSSR count). The van der Waals surface area contributed by atoms with Gasteiger partial charge in [0, 0.05) is 30.1 Å². The number of nitrogens with zero attached hydrogens (tertiary/aromatic N) is 4. The van der Waals surface area contributed by atoms with E-state index < -0.39 is 0 Å². The zero-order valence-corrected chi connectivity index (χ0v) is 18.4. The van der Waals surface area contributed by atoms with Crippen LogP contribution >= 0.6 is 11.3 Å². The van der Waals surface area contributed by atoms with Gasteiger partial charge in [0.2, 0.25) is 5.91 Å². The minimum atomic E-state index is 0.0714. The van der Waals surface area contributed by atoms with Crippen molar-refractivity contribution >= 4 is 33.3 Å². The Kier molecular flexibility index (Phi) is 6.11. The number of amides is 1. The summed E-state index contributed by atoms with van der Waals surface area (Å²) >= 11 is 1.67. The monoisotopic (exact) mass is 421 g/mol. The molecule has 0 aliphatic carbocycles. The lowest BCUT2D eigenvalue weighted by Gasteiger charge is -2.26. The first-order chi connectivity index (χ1) is 14.5. The van der Waals surface area contributed by atoms with Crippen LogP contribution in [-0.4, -0.2) is 52.9 Å². The van der Waals surface area contributed by atoms with Gasteiger partial charge in [-0.1, -0.05) is 36.4 Å². The van der Waals surface area contributed by atoms with E-state index in [0.717, 1.165) is 29.0 Å². The average Bonchev–Trinajstić information content (AvgIpc) is 3.12.